The van der Waals surface area contributed by atoms with Crippen LogP contribution in [0.2, 0.25) is 0 Å². The van der Waals surface area contributed by atoms with Crippen LogP contribution < -0.4 is 0 Å². The van der Waals surface area contributed by atoms with Gasteiger partial charge in [0, 0.05) is 35.7 Å². The molecule has 2 rings (SSSR count). The van der Waals surface area contributed by atoms with Gasteiger partial charge in [0.2, 0.25) is 0 Å². The molecule has 0 saturated carbocycles. The summed E-state index contributed by atoms with van der Waals surface area (Å²) in [6.45, 7) is 0. The number of hydrogen-bond donors (Lipinski definition) is 0. The summed E-state index contributed by atoms with van der Waals surface area (Å²) in [6, 6.07) is 8.44. The van der Waals surface area contributed by atoms with E-state index in [0.29, 0.717) is 5.92 Å². The topological polar surface area (TPSA) is 17.8 Å². The molecule has 0 N–H and O–H groups in total. The zero-order valence-corrected chi connectivity index (χ0v) is 13.5. The predicted octanol–water partition coefficient (Wildman–Crippen LogP) is 4.29. The monoisotopic (exact) mass is 370 g/mol. The van der Waals surface area contributed by atoms with Crippen molar-refractivity contribution >= 4 is 31.9 Å². The lowest BCUT2D eigenvalue weighted by molar-refractivity contribution is 0.648. The Hall–Kier alpha value is -0.610. The second-order valence-corrected chi connectivity index (χ2v) is 5.87. The maximum absolute atomic E-state index is 4.37. The van der Waals surface area contributed by atoms with Crippen LogP contribution in [0.1, 0.15) is 23.7 Å². The highest BCUT2D eigenvalue weighted by atomic mass is 79.9. The molecule has 4 heteroatoms. The maximum atomic E-state index is 4.37. The van der Waals surface area contributed by atoms with Crippen molar-refractivity contribution in [3.05, 3.63) is 52.5 Å². The molecule has 0 aliphatic carbocycles. The summed E-state index contributed by atoms with van der Waals surface area (Å²) in [6.07, 6.45) is 5.95. The molecule has 1 aromatic carbocycles. The third kappa shape index (κ3) is 3.23. The Morgan fingerprint density at radius 3 is 2.72 bits per heavy atom. The molecule has 0 radical (unpaired) electrons. The van der Waals surface area contributed by atoms with E-state index in [1.807, 2.05) is 19.4 Å². The van der Waals surface area contributed by atoms with E-state index in [1.165, 1.54) is 10.0 Å². The molecule has 18 heavy (non-hydrogen) atoms. The Balaban J connectivity index is 2.07. The SMILES string of the molecule is Cn1ccnc1CCC(CBr)c1ccccc1Br. The molecule has 2 aromatic rings. The van der Waals surface area contributed by atoms with Crippen molar-refractivity contribution in [1.82, 2.24) is 9.55 Å². The zero-order chi connectivity index (χ0) is 13.0. The van der Waals surface area contributed by atoms with Crippen molar-refractivity contribution in [2.45, 2.75) is 18.8 Å². The zero-order valence-electron chi connectivity index (χ0n) is 10.3. The summed E-state index contributed by atoms with van der Waals surface area (Å²) in [4.78, 5) is 4.37. The highest BCUT2D eigenvalue weighted by Gasteiger charge is 2.14. The van der Waals surface area contributed by atoms with Crippen molar-refractivity contribution in [2.75, 3.05) is 5.33 Å². The summed E-state index contributed by atoms with van der Waals surface area (Å²) in [5.41, 5.74) is 1.36. The molecule has 96 valence electrons. The smallest absolute Gasteiger partial charge is 0.108 e. The molecule has 1 atom stereocenters. The van der Waals surface area contributed by atoms with Crippen LogP contribution in [0.15, 0.2) is 41.1 Å². The number of benzene rings is 1. The van der Waals surface area contributed by atoms with Gasteiger partial charge in [-0.2, -0.15) is 0 Å². The Morgan fingerprint density at radius 2 is 2.11 bits per heavy atom. The van der Waals surface area contributed by atoms with E-state index in [4.69, 9.17) is 0 Å². The predicted molar refractivity (Wildman–Crippen MR) is 82.2 cm³/mol. The molecule has 0 amide bonds. The Bertz CT molecular complexity index is 508. The summed E-state index contributed by atoms with van der Waals surface area (Å²) in [7, 11) is 2.05. The molecular formula is C14H16Br2N2. The van der Waals surface area contributed by atoms with E-state index < -0.39 is 0 Å². The second kappa shape index (κ2) is 6.53. The van der Waals surface area contributed by atoms with E-state index in [1.54, 1.807) is 0 Å². The third-order valence-corrected chi connectivity index (χ3v) is 4.67. The van der Waals surface area contributed by atoms with Crippen LogP contribution >= 0.6 is 31.9 Å². The maximum Gasteiger partial charge on any atom is 0.108 e. The van der Waals surface area contributed by atoms with Crippen molar-refractivity contribution in [1.29, 1.82) is 0 Å². The number of imidazole rings is 1. The van der Waals surface area contributed by atoms with Crippen molar-refractivity contribution < 1.29 is 0 Å². The Labute approximate surface area is 125 Å². The first kappa shape index (κ1) is 13.8. The van der Waals surface area contributed by atoms with Gasteiger partial charge in [0.15, 0.2) is 0 Å². The lowest BCUT2D eigenvalue weighted by Gasteiger charge is -2.16. The number of alkyl halides is 1. The van der Waals surface area contributed by atoms with Crippen LogP contribution in [-0.4, -0.2) is 14.9 Å². The minimum Gasteiger partial charge on any atom is -0.338 e. The van der Waals surface area contributed by atoms with Gasteiger partial charge in [0.1, 0.15) is 5.82 Å². The van der Waals surface area contributed by atoms with E-state index in [2.05, 4.69) is 65.7 Å². The standard InChI is InChI=1S/C14H16Br2N2/c1-18-9-8-17-14(18)7-6-11(10-15)12-4-2-3-5-13(12)16/h2-5,8-9,11H,6-7,10H2,1H3. The number of aromatic nitrogens is 2. The molecule has 0 fully saturated rings. The molecule has 0 aliphatic rings. The van der Waals surface area contributed by atoms with Crippen LogP contribution in [0.3, 0.4) is 0 Å². The first-order chi connectivity index (χ1) is 8.72. The fourth-order valence-corrected chi connectivity index (χ4v) is 3.34. The third-order valence-electron chi connectivity index (χ3n) is 3.17. The van der Waals surface area contributed by atoms with Crippen LogP contribution in [0.25, 0.3) is 0 Å². The summed E-state index contributed by atoms with van der Waals surface area (Å²) in [5, 5.41) is 0.972. The van der Waals surface area contributed by atoms with E-state index in [0.717, 1.165) is 24.0 Å². The van der Waals surface area contributed by atoms with Crippen LogP contribution in [0.5, 0.6) is 0 Å². The minimum atomic E-state index is 0.511. The highest BCUT2D eigenvalue weighted by molar-refractivity contribution is 9.10. The molecule has 2 nitrogen and oxygen atoms in total. The average Bonchev–Trinajstić information content (AvgIpc) is 2.78. The second-order valence-electron chi connectivity index (χ2n) is 4.37. The van der Waals surface area contributed by atoms with E-state index in [-0.39, 0.29) is 0 Å². The number of halogens is 2. The molecule has 0 spiro atoms. The minimum absolute atomic E-state index is 0.511. The van der Waals surface area contributed by atoms with Gasteiger partial charge in [0.05, 0.1) is 0 Å². The Morgan fingerprint density at radius 1 is 1.33 bits per heavy atom. The van der Waals surface area contributed by atoms with Gasteiger partial charge >= 0.3 is 0 Å². The summed E-state index contributed by atoms with van der Waals surface area (Å²) < 4.78 is 3.28. The van der Waals surface area contributed by atoms with Crippen LogP contribution in [-0.2, 0) is 13.5 Å². The van der Waals surface area contributed by atoms with Crippen molar-refractivity contribution in [2.24, 2.45) is 7.05 Å². The largest absolute Gasteiger partial charge is 0.338 e. The average molecular weight is 372 g/mol. The van der Waals surface area contributed by atoms with Crippen molar-refractivity contribution in [3.63, 3.8) is 0 Å². The number of aryl methyl sites for hydroxylation is 2. The first-order valence-corrected chi connectivity index (χ1v) is 7.90. The van der Waals surface area contributed by atoms with E-state index in [9.17, 15) is 0 Å². The molecule has 0 saturated heterocycles. The number of rotatable bonds is 5. The Kier molecular flexibility index (Phi) is 5.01. The van der Waals surface area contributed by atoms with Gasteiger partial charge in [0.25, 0.3) is 0 Å². The van der Waals surface area contributed by atoms with E-state index >= 15 is 0 Å². The van der Waals surface area contributed by atoms with Gasteiger partial charge in [-0.05, 0) is 24.0 Å². The van der Waals surface area contributed by atoms with Gasteiger partial charge in [-0.1, -0.05) is 50.1 Å². The fraction of sp³-hybridized carbons (Fsp3) is 0.357. The fourth-order valence-electron chi connectivity index (χ4n) is 2.06. The quantitative estimate of drug-likeness (QED) is 0.716. The summed E-state index contributed by atoms with van der Waals surface area (Å²) in [5.74, 6) is 1.66. The molecule has 1 aromatic heterocycles. The molecule has 1 unspecified atom stereocenters. The van der Waals surface area contributed by atoms with Gasteiger partial charge < -0.3 is 4.57 Å². The van der Waals surface area contributed by atoms with Gasteiger partial charge in [-0.3, -0.25) is 0 Å². The number of hydrogen-bond acceptors (Lipinski definition) is 1. The number of nitrogens with zero attached hydrogens (tertiary/aromatic N) is 2. The lowest BCUT2D eigenvalue weighted by atomic mass is 9.96. The van der Waals surface area contributed by atoms with Crippen LogP contribution in [0, 0.1) is 0 Å². The summed E-state index contributed by atoms with van der Waals surface area (Å²) >= 11 is 7.25. The first-order valence-electron chi connectivity index (χ1n) is 5.99. The van der Waals surface area contributed by atoms with Crippen molar-refractivity contribution in [3.8, 4) is 0 Å². The molecule has 0 bridgehead atoms. The van der Waals surface area contributed by atoms with Crippen LogP contribution in [0.4, 0.5) is 0 Å². The molecular weight excluding hydrogens is 356 g/mol. The van der Waals surface area contributed by atoms with Gasteiger partial charge in [-0.25, -0.2) is 4.98 Å². The van der Waals surface area contributed by atoms with Gasteiger partial charge in [-0.15, -0.1) is 0 Å². The molecule has 0 aliphatic heterocycles. The normalized spacial score (nSPS) is 12.6. The lowest BCUT2D eigenvalue weighted by Crippen LogP contribution is -2.06. The highest BCUT2D eigenvalue weighted by Crippen LogP contribution is 2.29. The molecule has 1 heterocycles.